The van der Waals surface area contributed by atoms with E-state index in [1.54, 1.807) is 11.0 Å². The van der Waals surface area contributed by atoms with Crippen molar-refractivity contribution in [3.63, 3.8) is 0 Å². The van der Waals surface area contributed by atoms with Crippen LogP contribution >= 0.6 is 0 Å². The number of carboxylic acids is 1. The predicted molar refractivity (Wildman–Crippen MR) is 72.7 cm³/mol. The van der Waals surface area contributed by atoms with Gasteiger partial charge in [-0.15, -0.1) is 0 Å². The lowest BCUT2D eigenvalue weighted by Crippen LogP contribution is -2.38. The highest BCUT2D eigenvalue weighted by Gasteiger charge is 2.41. The first kappa shape index (κ1) is 13.1. The van der Waals surface area contributed by atoms with Crippen LogP contribution in [-0.4, -0.2) is 36.2 Å². The van der Waals surface area contributed by atoms with E-state index < -0.39 is 11.9 Å². The molecule has 0 aromatic heterocycles. The predicted octanol–water partition coefficient (Wildman–Crippen LogP) is 1.63. The Labute approximate surface area is 117 Å². The molecule has 5 heteroatoms. The third kappa shape index (κ3) is 1.98. The van der Waals surface area contributed by atoms with E-state index >= 15 is 0 Å². The maximum Gasteiger partial charge on any atom is 0.312 e. The van der Waals surface area contributed by atoms with Gasteiger partial charge >= 0.3 is 5.97 Å². The standard InChI is InChI=1S/C15H17NO4/c1-9-10(6-7-20-9)14(17)16-8-12(15(18)19)11-4-2-3-5-13(11)16/h2-5,9-10,12H,6-8H2,1H3,(H,18,19). The van der Waals surface area contributed by atoms with Gasteiger partial charge in [-0.05, 0) is 25.0 Å². The van der Waals surface area contributed by atoms with E-state index in [2.05, 4.69) is 0 Å². The molecule has 0 radical (unpaired) electrons. The maximum atomic E-state index is 12.6. The van der Waals surface area contributed by atoms with Crippen molar-refractivity contribution in [1.29, 1.82) is 0 Å². The number of aliphatic carboxylic acids is 1. The summed E-state index contributed by atoms with van der Waals surface area (Å²) in [6.45, 7) is 2.71. The summed E-state index contributed by atoms with van der Waals surface area (Å²) in [5, 5.41) is 9.31. The van der Waals surface area contributed by atoms with E-state index in [1.165, 1.54) is 0 Å². The molecule has 2 aliphatic heterocycles. The molecule has 1 fully saturated rings. The molecule has 5 nitrogen and oxygen atoms in total. The Morgan fingerprint density at radius 2 is 2.10 bits per heavy atom. The molecule has 1 aromatic carbocycles. The van der Waals surface area contributed by atoms with Gasteiger partial charge in [0, 0.05) is 18.8 Å². The molecular formula is C15H17NO4. The molecule has 1 saturated heterocycles. The number of ether oxygens (including phenoxy) is 1. The summed E-state index contributed by atoms with van der Waals surface area (Å²) in [4.78, 5) is 25.6. The normalized spacial score (nSPS) is 28.4. The van der Waals surface area contributed by atoms with Crippen LogP contribution in [-0.2, 0) is 14.3 Å². The van der Waals surface area contributed by atoms with Gasteiger partial charge in [0.05, 0.1) is 12.0 Å². The van der Waals surface area contributed by atoms with Gasteiger partial charge < -0.3 is 14.7 Å². The molecule has 3 rings (SSSR count). The Morgan fingerprint density at radius 1 is 1.35 bits per heavy atom. The summed E-state index contributed by atoms with van der Waals surface area (Å²) in [7, 11) is 0. The monoisotopic (exact) mass is 275 g/mol. The second kappa shape index (κ2) is 4.90. The van der Waals surface area contributed by atoms with Crippen LogP contribution in [0.2, 0.25) is 0 Å². The SMILES string of the molecule is CC1OCCC1C(=O)N1CC(C(=O)O)c2ccccc21. The lowest BCUT2D eigenvalue weighted by molar-refractivity contribution is -0.138. The molecule has 1 aromatic rings. The van der Waals surface area contributed by atoms with Crippen molar-refractivity contribution >= 4 is 17.6 Å². The summed E-state index contributed by atoms with van der Waals surface area (Å²) < 4.78 is 5.44. The molecule has 106 valence electrons. The van der Waals surface area contributed by atoms with Gasteiger partial charge in [-0.25, -0.2) is 0 Å². The molecule has 3 unspecified atom stereocenters. The highest BCUT2D eigenvalue weighted by atomic mass is 16.5. The van der Waals surface area contributed by atoms with Gasteiger partial charge in [0.1, 0.15) is 5.92 Å². The fourth-order valence-electron chi connectivity index (χ4n) is 3.08. The summed E-state index contributed by atoms with van der Waals surface area (Å²) in [5.74, 6) is -1.71. The number of hydrogen-bond donors (Lipinski definition) is 1. The maximum absolute atomic E-state index is 12.6. The van der Waals surface area contributed by atoms with Gasteiger partial charge in [0.2, 0.25) is 5.91 Å². The molecule has 3 atom stereocenters. The van der Waals surface area contributed by atoms with Crippen molar-refractivity contribution in [1.82, 2.24) is 0 Å². The summed E-state index contributed by atoms with van der Waals surface area (Å²) in [6, 6.07) is 7.24. The first-order chi connectivity index (χ1) is 9.59. The van der Waals surface area contributed by atoms with Crippen molar-refractivity contribution < 1.29 is 19.4 Å². The number of para-hydroxylation sites is 1. The minimum atomic E-state index is -0.886. The van der Waals surface area contributed by atoms with Crippen LogP contribution < -0.4 is 4.90 Å². The highest BCUT2D eigenvalue weighted by Crippen LogP contribution is 2.38. The zero-order valence-electron chi connectivity index (χ0n) is 11.3. The Kier molecular flexibility index (Phi) is 3.22. The summed E-state index contributed by atoms with van der Waals surface area (Å²) in [6.07, 6.45) is 0.606. The van der Waals surface area contributed by atoms with Gasteiger partial charge in [0.15, 0.2) is 0 Å². The van der Waals surface area contributed by atoms with Crippen LogP contribution in [0, 0.1) is 5.92 Å². The zero-order valence-corrected chi connectivity index (χ0v) is 11.3. The number of benzene rings is 1. The van der Waals surface area contributed by atoms with Crippen molar-refractivity contribution in [2.75, 3.05) is 18.1 Å². The first-order valence-electron chi connectivity index (χ1n) is 6.84. The Balaban J connectivity index is 1.92. The molecule has 1 N–H and O–H groups in total. The third-order valence-electron chi connectivity index (χ3n) is 4.23. The minimum absolute atomic E-state index is 0.0220. The number of carbonyl (C=O) groups excluding carboxylic acids is 1. The van der Waals surface area contributed by atoms with Crippen LogP contribution in [0.1, 0.15) is 24.8 Å². The number of amides is 1. The fraction of sp³-hybridized carbons (Fsp3) is 0.467. The molecular weight excluding hydrogens is 258 g/mol. The van der Waals surface area contributed by atoms with Crippen LogP contribution in [0.25, 0.3) is 0 Å². The van der Waals surface area contributed by atoms with E-state index in [-0.39, 0.29) is 24.5 Å². The number of nitrogens with zero attached hydrogens (tertiary/aromatic N) is 1. The number of carbonyl (C=O) groups is 2. The average Bonchev–Trinajstić information content (AvgIpc) is 3.01. The molecule has 0 aliphatic carbocycles. The Bertz CT molecular complexity index is 557. The molecule has 2 heterocycles. The van der Waals surface area contributed by atoms with E-state index in [0.29, 0.717) is 13.0 Å². The molecule has 0 spiro atoms. The molecule has 0 bridgehead atoms. The number of carboxylic acid groups (broad SMARTS) is 1. The topological polar surface area (TPSA) is 66.8 Å². The van der Waals surface area contributed by atoms with Crippen molar-refractivity contribution in [2.24, 2.45) is 5.92 Å². The summed E-state index contributed by atoms with van der Waals surface area (Å²) in [5.41, 5.74) is 1.45. The van der Waals surface area contributed by atoms with Gasteiger partial charge in [-0.2, -0.15) is 0 Å². The van der Waals surface area contributed by atoms with Crippen LogP contribution in [0.3, 0.4) is 0 Å². The zero-order chi connectivity index (χ0) is 14.3. The molecule has 20 heavy (non-hydrogen) atoms. The molecule has 1 amide bonds. The van der Waals surface area contributed by atoms with Crippen molar-refractivity contribution in [2.45, 2.75) is 25.4 Å². The smallest absolute Gasteiger partial charge is 0.312 e. The summed E-state index contributed by atoms with van der Waals surface area (Å²) >= 11 is 0. The molecule has 0 saturated carbocycles. The van der Waals surface area contributed by atoms with Gasteiger partial charge in [0.25, 0.3) is 0 Å². The van der Waals surface area contributed by atoms with Crippen molar-refractivity contribution in [3.05, 3.63) is 29.8 Å². The second-order valence-electron chi connectivity index (χ2n) is 5.37. The average molecular weight is 275 g/mol. The molecule has 2 aliphatic rings. The lowest BCUT2D eigenvalue weighted by Gasteiger charge is -2.23. The van der Waals surface area contributed by atoms with E-state index in [0.717, 1.165) is 11.3 Å². The number of rotatable bonds is 2. The van der Waals surface area contributed by atoms with Crippen LogP contribution in [0.5, 0.6) is 0 Å². The number of hydrogen-bond acceptors (Lipinski definition) is 3. The quantitative estimate of drug-likeness (QED) is 0.890. The highest BCUT2D eigenvalue weighted by molar-refractivity contribution is 6.00. The fourth-order valence-corrected chi connectivity index (χ4v) is 3.08. The number of anilines is 1. The minimum Gasteiger partial charge on any atom is -0.481 e. The Morgan fingerprint density at radius 3 is 2.75 bits per heavy atom. The van der Waals surface area contributed by atoms with E-state index in [1.807, 2.05) is 25.1 Å². The van der Waals surface area contributed by atoms with Gasteiger partial charge in [-0.1, -0.05) is 18.2 Å². The Hall–Kier alpha value is -1.88. The first-order valence-corrected chi connectivity index (χ1v) is 6.84. The third-order valence-corrected chi connectivity index (χ3v) is 4.23. The van der Waals surface area contributed by atoms with Crippen LogP contribution in [0.4, 0.5) is 5.69 Å². The van der Waals surface area contributed by atoms with Crippen LogP contribution in [0.15, 0.2) is 24.3 Å². The van der Waals surface area contributed by atoms with E-state index in [9.17, 15) is 14.7 Å². The largest absolute Gasteiger partial charge is 0.481 e. The van der Waals surface area contributed by atoms with Gasteiger partial charge in [-0.3, -0.25) is 9.59 Å². The lowest BCUT2D eigenvalue weighted by atomic mass is 10.0. The van der Waals surface area contributed by atoms with Crippen molar-refractivity contribution in [3.8, 4) is 0 Å². The number of fused-ring (bicyclic) bond motifs is 1. The second-order valence-corrected chi connectivity index (χ2v) is 5.37. The van der Waals surface area contributed by atoms with E-state index in [4.69, 9.17) is 4.74 Å².